The highest BCUT2D eigenvalue weighted by Gasteiger charge is 2.31. The zero-order valence-corrected chi connectivity index (χ0v) is 9.11. The number of hydrogen-bond acceptors (Lipinski definition) is 3. The maximum Gasteiger partial charge on any atom is 0.307 e. The summed E-state index contributed by atoms with van der Waals surface area (Å²) in [5, 5.41) is 0. The smallest absolute Gasteiger partial charge is 0.307 e. The van der Waals surface area contributed by atoms with E-state index in [4.69, 9.17) is 4.74 Å². The predicted molar refractivity (Wildman–Crippen MR) is 55.8 cm³/mol. The van der Waals surface area contributed by atoms with Gasteiger partial charge in [-0.3, -0.25) is 4.79 Å². The van der Waals surface area contributed by atoms with Crippen LogP contribution in [-0.4, -0.2) is 10.9 Å². The fourth-order valence-electron chi connectivity index (χ4n) is 1.67. The third-order valence-electron chi connectivity index (χ3n) is 2.39. The topological polar surface area (TPSA) is 26.3 Å². The van der Waals surface area contributed by atoms with E-state index >= 15 is 0 Å². The second-order valence-corrected chi connectivity index (χ2v) is 4.55. The van der Waals surface area contributed by atoms with Gasteiger partial charge in [0.2, 0.25) is 0 Å². The molecule has 0 unspecified atom stereocenters. The molecule has 2 nitrogen and oxygen atoms in total. The van der Waals surface area contributed by atoms with Crippen LogP contribution in [0.3, 0.4) is 0 Å². The third-order valence-corrected chi connectivity index (χ3v) is 2.93. The highest BCUT2D eigenvalue weighted by Crippen LogP contribution is 2.35. The lowest BCUT2D eigenvalue weighted by Crippen LogP contribution is -2.31. The second-order valence-electron chi connectivity index (χ2n) is 3.73. The van der Waals surface area contributed by atoms with Crippen molar-refractivity contribution in [2.45, 2.75) is 56.8 Å². The van der Waals surface area contributed by atoms with Gasteiger partial charge in [-0.2, -0.15) is 0 Å². The Balaban J connectivity index is 2.36. The molecule has 3 heteroatoms. The molecule has 1 saturated carbocycles. The summed E-state index contributed by atoms with van der Waals surface area (Å²) in [7, 11) is 0. The van der Waals surface area contributed by atoms with E-state index in [0.29, 0.717) is 6.42 Å². The SMILES string of the molecule is CCCC(=O)OC1(S)CCCCC1. The summed E-state index contributed by atoms with van der Waals surface area (Å²) in [5.41, 5.74) is 0. The van der Waals surface area contributed by atoms with E-state index < -0.39 is 4.93 Å². The molecule has 0 aliphatic heterocycles. The number of rotatable bonds is 3. The van der Waals surface area contributed by atoms with E-state index in [9.17, 15) is 4.79 Å². The molecule has 76 valence electrons. The zero-order valence-electron chi connectivity index (χ0n) is 8.21. The number of esters is 1. The first kappa shape index (κ1) is 10.9. The van der Waals surface area contributed by atoms with Crippen LogP contribution in [0.2, 0.25) is 0 Å². The van der Waals surface area contributed by atoms with Crippen molar-refractivity contribution in [2.75, 3.05) is 0 Å². The molecule has 1 aliphatic carbocycles. The Morgan fingerprint density at radius 1 is 1.38 bits per heavy atom. The summed E-state index contributed by atoms with van der Waals surface area (Å²) in [4.78, 5) is 10.8. The summed E-state index contributed by atoms with van der Waals surface area (Å²) < 4.78 is 5.34. The Kier molecular flexibility index (Phi) is 4.10. The zero-order chi connectivity index (χ0) is 9.73. The van der Waals surface area contributed by atoms with Crippen LogP contribution in [0.5, 0.6) is 0 Å². The van der Waals surface area contributed by atoms with Gasteiger partial charge in [0.15, 0.2) is 4.93 Å². The molecule has 0 aromatic carbocycles. The monoisotopic (exact) mass is 202 g/mol. The fourth-order valence-corrected chi connectivity index (χ4v) is 2.09. The van der Waals surface area contributed by atoms with Crippen molar-refractivity contribution in [2.24, 2.45) is 0 Å². The van der Waals surface area contributed by atoms with Gasteiger partial charge in [-0.05, 0) is 32.1 Å². The van der Waals surface area contributed by atoms with Crippen LogP contribution in [0.1, 0.15) is 51.9 Å². The molecular formula is C10H18O2S. The predicted octanol–water partition coefficient (Wildman–Crippen LogP) is 2.92. The first-order valence-electron chi connectivity index (χ1n) is 5.10. The average Bonchev–Trinajstić information content (AvgIpc) is 2.04. The number of ether oxygens (including phenoxy) is 1. The van der Waals surface area contributed by atoms with E-state index in [1.165, 1.54) is 6.42 Å². The molecule has 0 amide bonds. The van der Waals surface area contributed by atoms with Gasteiger partial charge in [-0.25, -0.2) is 0 Å². The second kappa shape index (κ2) is 4.89. The van der Waals surface area contributed by atoms with E-state index in [0.717, 1.165) is 32.1 Å². The summed E-state index contributed by atoms with van der Waals surface area (Å²) in [6.45, 7) is 1.98. The first-order chi connectivity index (χ1) is 6.16. The molecular weight excluding hydrogens is 184 g/mol. The minimum Gasteiger partial charge on any atom is -0.448 e. The standard InChI is InChI=1S/C10H18O2S/c1-2-6-9(11)12-10(13)7-4-3-5-8-10/h13H,2-8H2,1H3. The molecule has 0 spiro atoms. The summed E-state index contributed by atoms with van der Waals surface area (Å²) in [6, 6.07) is 0. The van der Waals surface area contributed by atoms with Crippen molar-refractivity contribution in [1.82, 2.24) is 0 Å². The summed E-state index contributed by atoms with van der Waals surface area (Å²) >= 11 is 4.44. The number of thiol groups is 1. The molecule has 1 fully saturated rings. The highest BCUT2D eigenvalue weighted by atomic mass is 32.1. The number of carbonyl (C=O) groups excluding carboxylic acids is 1. The highest BCUT2D eigenvalue weighted by molar-refractivity contribution is 7.81. The van der Waals surface area contributed by atoms with Crippen LogP contribution in [0.25, 0.3) is 0 Å². The molecule has 0 aromatic rings. The van der Waals surface area contributed by atoms with Gasteiger partial charge in [0, 0.05) is 6.42 Å². The summed E-state index contributed by atoms with van der Waals surface area (Å²) in [6.07, 6.45) is 6.68. The Labute approximate surface area is 85.4 Å². The largest absolute Gasteiger partial charge is 0.448 e. The first-order valence-corrected chi connectivity index (χ1v) is 5.55. The normalized spacial score (nSPS) is 21.1. The van der Waals surface area contributed by atoms with Crippen molar-refractivity contribution < 1.29 is 9.53 Å². The van der Waals surface area contributed by atoms with Crippen molar-refractivity contribution in [3.05, 3.63) is 0 Å². The van der Waals surface area contributed by atoms with Crippen molar-refractivity contribution >= 4 is 18.6 Å². The fraction of sp³-hybridized carbons (Fsp3) is 0.900. The third kappa shape index (κ3) is 3.59. The molecule has 0 radical (unpaired) electrons. The maximum absolute atomic E-state index is 11.2. The van der Waals surface area contributed by atoms with Crippen LogP contribution >= 0.6 is 12.6 Å². The Bertz CT molecular complexity index is 174. The Morgan fingerprint density at radius 2 is 2.00 bits per heavy atom. The van der Waals surface area contributed by atoms with Crippen LogP contribution in [0, 0.1) is 0 Å². The molecule has 13 heavy (non-hydrogen) atoms. The average molecular weight is 202 g/mol. The van der Waals surface area contributed by atoms with Gasteiger partial charge in [-0.15, -0.1) is 12.6 Å². The van der Waals surface area contributed by atoms with E-state index in [2.05, 4.69) is 12.6 Å². The molecule has 0 heterocycles. The van der Waals surface area contributed by atoms with Crippen molar-refractivity contribution in [3.8, 4) is 0 Å². The number of carbonyl (C=O) groups is 1. The van der Waals surface area contributed by atoms with Crippen molar-refractivity contribution in [1.29, 1.82) is 0 Å². The van der Waals surface area contributed by atoms with Crippen LogP contribution in [0.15, 0.2) is 0 Å². The minimum atomic E-state index is -0.454. The molecule has 1 aliphatic rings. The summed E-state index contributed by atoms with van der Waals surface area (Å²) in [5.74, 6) is -0.0978. The van der Waals surface area contributed by atoms with Gasteiger partial charge < -0.3 is 4.74 Å². The molecule has 0 aromatic heterocycles. The van der Waals surface area contributed by atoms with Gasteiger partial charge in [0.25, 0.3) is 0 Å². The molecule has 0 bridgehead atoms. The van der Waals surface area contributed by atoms with Crippen LogP contribution in [0.4, 0.5) is 0 Å². The Morgan fingerprint density at radius 3 is 2.54 bits per heavy atom. The van der Waals surface area contributed by atoms with Gasteiger partial charge in [0.05, 0.1) is 0 Å². The van der Waals surface area contributed by atoms with E-state index in [1.807, 2.05) is 6.92 Å². The van der Waals surface area contributed by atoms with Gasteiger partial charge in [0.1, 0.15) is 0 Å². The number of hydrogen-bond donors (Lipinski definition) is 1. The van der Waals surface area contributed by atoms with Crippen LogP contribution in [-0.2, 0) is 9.53 Å². The van der Waals surface area contributed by atoms with Gasteiger partial charge >= 0.3 is 5.97 Å². The van der Waals surface area contributed by atoms with Crippen molar-refractivity contribution in [3.63, 3.8) is 0 Å². The lowest BCUT2D eigenvalue weighted by atomic mass is 9.97. The lowest BCUT2D eigenvalue weighted by Gasteiger charge is -2.32. The lowest BCUT2D eigenvalue weighted by molar-refractivity contribution is -0.153. The van der Waals surface area contributed by atoms with E-state index in [1.54, 1.807) is 0 Å². The van der Waals surface area contributed by atoms with E-state index in [-0.39, 0.29) is 5.97 Å². The Hall–Kier alpha value is -0.180. The quantitative estimate of drug-likeness (QED) is 0.432. The van der Waals surface area contributed by atoms with Crippen LogP contribution < -0.4 is 0 Å². The maximum atomic E-state index is 11.2. The molecule has 0 saturated heterocycles. The molecule has 0 atom stereocenters. The van der Waals surface area contributed by atoms with Gasteiger partial charge in [-0.1, -0.05) is 13.3 Å². The molecule has 0 N–H and O–H groups in total. The molecule has 1 rings (SSSR count). The minimum absolute atomic E-state index is 0.0978.